The van der Waals surface area contributed by atoms with Gasteiger partial charge >= 0.3 is 6.03 Å². The van der Waals surface area contributed by atoms with Gasteiger partial charge in [-0.1, -0.05) is 19.8 Å². The van der Waals surface area contributed by atoms with E-state index < -0.39 is 5.60 Å². The Labute approximate surface area is 113 Å². The molecule has 1 aliphatic heterocycles. The summed E-state index contributed by atoms with van der Waals surface area (Å²) in [6.07, 6.45) is 5.41. The van der Waals surface area contributed by atoms with Crippen molar-refractivity contribution in [2.24, 2.45) is 5.92 Å². The van der Waals surface area contributed by atoms with Crippen molar-refractivity contribution in [2.75, 3.05) is 18.1 Å². The van der Waals surface area contributed by atoms with Gasteiger partial charge in [-0.25, -0.2) is 4.79 Å². The number of aliphatic hydroxyl groups is 1. The highest BCUT2D eigenvalue weighted by Crippen LogP contribution is 2.27. The minimum Gasteiger partial charge on any atom is -0.387 e. The van der Waals surface area contributed by atoms with Gasteiger partial charge in [-0.2, -0.15) is 11.8 Å². The summed E-state index contributed by atoms with van der Waals surface area (Å²) in [6.45, 7) is 2.61. The lowest BCUT2D eigenvalue weighted by Gasteiger charge is -2.28. The monoisotopic (exact) mass is 272 g/mol. The summed E-state index contributed by atoms with van der Waals surface area (Å²) in [6, 6.07) is 0.181. The van der Waals surface area contributed by atoms with Gasteiger partial charge in [0.25, 0.3) is 0 Å². The summed E-state index contributed by atoms with van der Waals surface area (Å²) in [5.74, 6) is 2.42. The molecule has 5 heteroatoms. The van der Waals surface area contributed by atoms with Crippen LogP contribution in [0.3, 0.4) is 0 Å². The predicted octanol–water partition coefficient (Wildman–Crippen LogP) is 1.73. The molecule has 0 aromatic heterocycles. The Kier molecular flexibility index (Phi) is 4.78. The quantitative estimate of drug-likeness (QED) is 0.733. The number of carbonyl (C=O) groups is 1. The van der Waals surface area contributed by atoms with Crippen LogP contribution in [0.2, 0.25) is 0 Å². The zero-order chi connectivity index (χ0) is 13.0. The zero-order valence-corrected chi connectivity index (χ0v) is 11.9. The summed E-state index contributed by atoms with van der Waals surface area (Å²) in [5, 5.41) is 16.0. The molecule has 3 atom stereocenters. The fourth-order valence-electron chi connectivity index (χ4n) is 2.78. The summed E-state index contributed by atoms with van der Waals surface area (Å²) in [4.78, 5) is 11.8. The molecule has 0 spiro atoms. The highest BCUT2D eigenvalue weighted by atomic mass is 32.2. The second-order valence-electron chi connectivity index (χ2n) is 5.82. The first-order chi connectivity index (χ1) is 8.57. The Bertz CT molecular complexity index is 293. The molecule has 1 saturated heterocycles. The first-order valence-corrected chi connectivity index (χ1v) is 8.07. The molecule has 1 saturated carbocycles. The van der Waals surface area contributed by atoms with E-state index in [4.69, 9.17) is 0 Å². The van der Waals surface area contributed by atoms with Crippen LogP contribution in [0.4, 0.5) is 4.79 Å². The Morgan fingerprint density at radius 2 is 2.33 bits per heavy atom. The normalized spacial score (nSPS) is 36.3. The molecule has 0 bridgehead atoms. The van der Waals surface area contributed by atoms with Crippen molar-refractivity contribution in [3.8, 4) is 0 Å². The smallest absolute Gasteiger partial charge is 0.315 e. The van der Waals surface area contributed by atoms with E-state index in [9.17, 15) is 9.90 Å². The number of nitrogens with one attached hydrogen (secondary N) is 2. The van der Waals surface area contributed by atoms with Crippen molar-refractivity contribution >= 4 is 17.8 Å². The van der Waals surface area contributed by atoms with E-state index in [-0.39, 0.29) is 6.03 Å². The van der Waals surface area contributed by atoms with E-state index in [2.05, 4.69) is 17.6 Å². The van der Waals surface area contributed by atoms with E-state index in [1.807, 2.05) is 0 Å². The topological polar surface area (TPSA) is 61.4 Å². The van der Waals surface area contributed by atoms with Gasteiger partial charge in [0, 0.05) is 18.3 Å². The lowest BCUT2D eigenvalue weighted by atomic mass is 9.87. The SMILES string of the molecule is CC1CCCC(NC(=O)NCC2(O)CCSC2)C1. The van der Waals surface area contributed by atoms with Crippen LogP contribution in [0, 0.1) is 5.92 Å². The number of urea groups is 1. The molecule has 1 aliphatic carbocycles. The Morgan fingerprint density at radius 3 is 3.00 bits per heavy atom. The van der Waals surface area contributed by atoms with Gasteiger partial charge < -0.3 is 15.7 Å². The fraction of sp³-hybridized carbons (Fsp3) is 0.923. The molecule has 3 unspecified atom stereocenters. The van der Waals surface area contributed by atoms with Gasteiger partial charge in [0.05, 0.1) is 5.60 Å². The second-order valence-corrected chi connectivity index (χ2v) is 6.93. The lowest BCUT2D eigenvalue weighted by Crippen LogP contribution is -2.49. The van der Waals surface area contributed by atoms with Crippen molar-refractivity contribution in [2.45, 2.75) is 50.7 Å². The minimum absolute atomic E-state index is 0.126. The van der Waals surface area contributed by atoms with Gasteiger partial charge in [0.15, 0.2) is 0 Å². The maximum absolute atomic E-state index is 11.8. The predicted molar refractivity (Wildman–Crippen MR) is 74.8 cm³/mol. The number of hydrogen-bond donors (Lipinski definition) is 3. The number of amides is 2. The maximum Gasteiger partial charge on any atom is 0.315 e. The van der Waals surface area contributed by atoms with Crippen molar-refractivity contribution in [1.82, 2.24) is 10.6 Å². The van der Waals surface area contributed by atoms with Gasteiger partial charge in [0.1, 0.15) is 0 Å². The van der Waals surface area contributed by atoms with Crippen molar-refractivity contribution in [1.29, 1.82) is 0 Å². The lowest BCUT2D eigenvalue weighted by molar-refractivity contribution is 0.0697. The first kappa shape index (κ1) is 14.0. The second kappa shape index (κ2) is 6.15. The third-order valence-electron chi connectivity index (χ3n) is 3.93. The standard InChI is InChI=1S/C13H24N2O2S/c1-10-3-2-4-11(7-10)15-12(16)14-8-13(17)5-6-18-9-13/h10-11,17H,2-9H2,1H3,(H2,14,15,16). The molecule has 2 rings (SSSR count). The van der Waals surface area contributed by atoms with Crippen LogP contribution in [-0.2, 0) is 0 Å². The summed E-state index contributed by atoms with van der Waals surface area (Å²) >= 11 is 1.75. The molecule has 3 N–H and O–H groups in total. The molecule has 18 heavy (non-hydrogen) atoms. The van der Waals surface area contributed by atoms with Crippen LogP contribution < -0.4 is 10.6 Å². The number of carbonyl (C=O) groups excluding carboxylic acids is 1. The van der Waals surface area contributed by atoms with Gasteiger partial charge in [-0.15, -0.1) is 0 Å². The largest absolute Gasteiger partial charge is 0.387 e. The van der Waals surface area contributed by atoms with Gasteiger partial charge in [-0.3, -0.25) is 0 Å². The minimum atomic E-state index is -0.693. The number of rotatable bonds is 3. The van der Waals surface area contributed by atoms with E-state index in [1.54, 1.807) is 11.8 Å². The molecular weight excluding hydrogens is 248 g/mol. The van der Waals surface area contributed by atoms with Crippen LogP contribution in [0.1, 0.15) is 39.0 Å². The average Bonchev–Trinajstić information content (AvgIpc) is 2.74. The molecule has 4 nitrogen and oxygen atoms in total. The van der Waals surface area contributed by atoms with Gasteiger partial charge in [0.2, 0.25) is 0 Å². The third kappa shape index (κ3) is 4.05. The van der Waals surface area contributed by atoms with E-state index >= 15 is 0 Å². The van der Waals surface area contributed by atoms with Crippen LogP contribution >= 0.6 is 11.8 Å². The third-order valence-corrected chi connectivity index (χ3v) is 5.17. The van der Waals surface area contributed by atoms with Crippen molar-refractivity contribution in [3.05, 3.63) is 0 Å². The summed E-state index contributed by atoms with van der Waals surface area (Å²) in [5.41, 5.74) is -0.693. The van der Waals surface area contributed by atoms with Crippen LogP contribution in [0.15, 0.2) is 0 Å². The molecule has 2 aliphatic rings. The highest BCUT2D eigenvalue weighted by molar-refractivity contribution is 7.99. The molecule has 104 valence electrons. The molecule has 1 heterocycles. The van der Waals surface area contributed by atoms with Crippen molar-refractivity contribution in [3.63, 3.8) is 0 Å². The molecule has 2 fully saturated rings. The molecule has 0 radical (unpaired) electrons. The molecule has 0 aromatic carbocycles. The Morgan fingerprint density at radius 1 is 1.50 bits per heavy atom. The van der Waals surface area contributed by atoms with E-state index in [0.717, 1.165) is 30.8 Å². The van der Waals surface area contributed by atoms with Crippen LogP contribution in [0.25, 0.3) is 0 Å². The van der Waals surface area contributed by atoms with Gasteiger partial charge in [-0.05, 0) is 30.9 Å². The van der Waals surface area contributed by atoms with Crippen molar-refractivity contribution < 1.29 is 9.90 Å². The number of hydrogen-bond acceptors (Lipinski definition) is 3. The Balaban J connectivity index is 1.68. The molecular formula is C13H24N2O2S. The average molecular weight is 272 g/mol. The zero-order valence-electron chi connectivity index (χ0n) is 11.1. The first-order valence-electron chi connectivity index (χ1n) is 6.92. The van der Waals surface area contributed by atoms with Crippen LogP contribution in [-0.4, -0.2) is 40.8 Å². The molecule has 2 amide bonds. The highest BCUT2D eigenvalue weighted by Gasteiger charge is 2.32. The fourth-order valence-corrected chi connectivity index (χ4v) is 4.08. The Hall–Kier alpha value is -0.420. The molecule has 0 aromatic rings. The number of thioether (sulfide) groups is 1. The van der Waals surface area contributed by atoms with E-state index in [0.29, 0.717) is 18.5 Å². The van der Waals surface area contributed by atoms with E-state index in [1.165, 1.54) is 12.8 Å². The van der Waals surface area contributed by atoms with Crippen LogP contribution in [0.5, 0.6) is 0 Å². The maximum atomic E-state index is 11.8. The summed E-state index contributed by atoms with van der Waals surface area (Å²) in [7, 11) is 0. The summed E-state index contributed by atoms with van der Waals surface area (Å²) < 4.78 is 0.